The maximum absolute atomic E-state index is 12.4. The first kappa shape index (κ1) is 16.1. The third-order valence-corrected chi connectivity index (χ3v) is 6.71. The van der Waals surface area contributed by atoms with E-state index in [1.807, 2.05) is 0 Å². The summed E-state index contributed by atoms with van der Waals surface area (Å²) in [5.74, 6) is 2.81. The summed E-state index contributed by atoms with van der Waals surface area (Å²) in [6.07, 6.45) is 10.1. The van der Waals surface area contributed by atoms with E-state index in [0.717, 1.165) is 23.3 Å². The number of phenols is 1. The molecule has 4 bridgehead atoms. The number of hydrazone groups is 1. The van der Waals surface area contributed by atoms with E-state index in [1.165, 1.54) is 38.5 Å². The molecule has 0 atom stereocenters. The highest BCUT2D eigenvalue weighted by molar-refractivity contribution is 9.10. The Morgan fingerprint density at radius 2 is 1.88 bits per heavy atom. The van der Waals surface area contributed by atoms with Gasteiger partial charge in [0.15, 0.2) is 0 Å². The van der Waals surface area contributed by atoms with E-state index in [4.69, 9.17) is 0 Å². The lowest BCUT2D eigenvalue weighted by molar-refractivity contribution is -0.129. The zero-order valence-electron chi connectivity index (χ0n) is 13.7. The Hall–Kier alpha value is -1.36. The van der Waals surface area contributed by atoms with Gasteiger partial charge in [-0.3, -0.25) is 4.79 Å². The Bertz CT molecular complexity index is 651. The SMILES string of the molecule is O=C(CC12CC3CC(CC(C3)C1)C2)N/N=C/c1ccc(O)c(Br)c1. The minimum absolute atomic E-state index is 0.0334. The molecule has 4 saturated carbocycles. The second-order valence-electron chi connectivity index (χ2n) is 8.10. The summed E-state index contributed by atoms with van der Waals surface area (Å²) in [4.78, 5) is 12.4. The largest absolute Gasteiger partial charge is 0.507 e. The first-order valence-corrected chi connectivity index (χ1v) is 9.61. The van der Waals surface area contributed by atoms with Crippen molar-refractivity contribution in [3.63, 3.8) is 0 Å². The van der Waals surface area contributed by atoms with Gasteiger partial charge < -0.3 is 5.11 Å². The molecule has 0 aliphatic heterocycles. The lowest BCUT2D eigenvalue weighted by atomic mass is 9.49. The van der Waals surface area contributed by atoms with Gasteiger partial charge in [0, 0.05) is 6.42 Å². The summed E-state index contributed by atoms with van der Waals surface area (Å²) in [5, 5.41) is 13.6. The van der Waals surface area contributed by atoms with Gasteiger partial charge in [0.1, 0.15) is 5.75 Å². The normalized spacial score (nSPS) is 34.0. The smallest absolute Gasteiger partial charge is 0.240 e. The van der Waals surface area contributed by atoms with E-state index in [1.54, 1.807) is 24.4 Å². The van der Waals surface area contributed by atoms with Gasteiger partial charge in [-0.15, -0.1) is 0 Å². The average Bonchev–Trinajstić information content (AvgIpc) is 2.49. The number of hydrogen-bond donors (Lipinski definition) is 2. The molecule has 5 rings (SSSR count). The molecule has 0 heterocycles. The van der Waals surface area contributed by atoms with E-state index >= 15 is 0 Å². The first-order valence-electron chi connectivity index (χ1n) is 8.82. The summed E-state index contributed by atoms with van der Waals surface area (Å²) in [6, 6.07) is 5.13. The number of hydrogen-bond acceptors (Lipinski definition) is 3. The summed E-state index contributed by atoms with van der Waals surface area (Å²) in [7, 11) is 0. The molecule has 128 valence electrons. The molecule has 0 saturated heterocycles. The van der Waals surface area contributed by atoms with Crippen LogP contribution in [0.3, 0.4) is 0 Å². The first-order chi connectivity index (χ1) is 11.5. The molecule has 0 aromatic heterocycles. The second kappa shape index (κ2) is 6.17. The lowest BCUT2D eigenvalue weighted by Crippen LogP contribution is -2.47. The predicted octanol–water partition coefficient (Wildman–Crippen LogP) is 4.21. The molecule has 1 aromatic rings. The highest BCUT2D eigenvalue weighted by Crippen LogP contribution is 2.61. The van der Waals surface area contributed by atoms with Crippen LogP contribution in [0.4, 0.5) is 0 Å². The molecular formula is C19H23BrN2O2. The number of amides is 1. The zero-order valence-corrected chi connectivity index (χ0v) is 15.3. The Morgan fingerprint density at radius 1 is 1.25 bits per heavy atom. The summed E-state index contributed by atoms with van der Waals surface area (Å²) >= 11 is 3.27. The molecule has 4 aliphatic rings. The fraction of sp³-hybridized carbons (Fsp3) is 0.579. The maximum atomic E-state index is 12.4. The number of benzene rings is 1. The van der Waals surface area contributed by atoms with Crippen LogP contribution in [0.25, 0.3) is 0 Å². The molecule has 4 aliphatic carbocycles. The second-order valence-corrected chi connectivity index (χ2v) is 8.95. The van der Waals surface area contributed by atoms with Crippen molar-refractivity contribution in [3.8, 4) is 5.75 Å². The van der Waals surface area contributed by atoms with Gasteiger partial charge in [0.2, 0.25) is 5.91 Å². The van der Waals surface area contributed by atoms with Crippen molar-refractivity contribution in [2.75, 3.05) is 0 Å². The molecule has 1 amide bonds. The lowest BCUT2D eigenvalue weighted by Gasteiger charge is -2.56. The predicted molar refractivity (Wildman–Crippen MR) is 96.8 cm³/mol. The number of nitrogens with zero attached hydrogens (tertiary/aromatic N) is 1. The van der Waals surface area contributed by atoms with Gasteiger partial charge in [-0.05, 0) is 101 Å². The van der Waals surface area contributed by atoms with Crippen LogP contribution in [0.2, 0.25) is 0 Å². The van der Waals surface area contributed by atoms with Crippen LogP contribution in [0.5, 0.6) is 5.75 Å². The Kier molecular flexibility index (Phi) is 4.15. The molecule has 2 N–H and O–H groups in total. The fourth-order valence-electron chi connectivity index (χ4n) is 5.67. The molecule has 24 heavy (non-hydrogen) atoms. The minimum atomic E-state index is 0.0334. The fourth-order valence-corrected chi connectivity index (χ4v) is 6.07. The maximum Gasteiger partial charge on any atom is 0.240 e. The highest BCUT2D eigenvalue weighted by Gasteiger charge is 2.51. The number of phenolic OH excluding ortho intramolecular Hbond substituents is 1. The summed E-state index contributed by atoms with van der Waals surface area (Å²) in [5.41, 5.74) is 3.77. The minimum Gasteiger partial charge on any atom is -0.507 e. The third-order valence-electron chi connectivity index (χ3n) is 6.08. The number of carbonyl (C=O) groups is 1. The van der Waals surface area contributed by atoms with Gasteiger partial charge >= 0.3 is 0 Å². The zero-order chi connectivity index (χ0) is 16.7. The highest BCUT2D eigenvalue weighted by atomic mass is 79.9. The van der Waals surface area contributed by atoms with Crippen molar-refractivity contribution < 1.29 is 9.90 Å². The quantitative estimate of drug-likeness (QED) is 0.597. The van der Waals surface area contributed by atoms with Crippen LogP contribution in [0.1, 0.15) is 50.5 Å². The van der Waals surface area contributed by atoms with Crippen LogP contribution in [0, 0.1) is 23.2 Å². The van der Waals surface area contributed by atoms with Crippen LogP contribution in [-0.2, 0) is 4.79 Å². The molecule has 4 fully saturated rings. The molecule has 4 nitrogen and oxygen atoms in total. The number of nitrogens with one attached hydrogen (secondary N) is 1. The van der Waals surface area contributed by atoms with E-state index in [2.05, 4.69) is 26.5 Å². The van der Waals surface area contributed by atoms with Crippen molar-refractivity contribution in [1.82, 2.24) is 5.43 Å². The van der Waals surface area contributed by atoms with Gasteiger partial charge in [0.05, 0.1) is 10.7 Å². The molecule has 1 aromatic carbocycles. The summed E-state index contributed by atoms with van der Waals surface area (Å²) < 4.78 is 0.617. The van der Waals surface area contributed by atoms with Gasteiger partial charge in [-0.1, -0.05) is 0 Å². The molecule has 0 radical (unpaired) electrons. The van der Waals surface area contributed by atoms with E-state index in [9.17, 15) is 9.90 Å². The van der Waals surface area contributed by atoms with Gasteiger partial charge in [-0.2, -0.15) is 5.10 Å². The molecule has 5 heteroatoms. The number of aromatic hydroxyl groups is 1. The van der Waals surface area contributed by atoms with Gasteiger partial charge in [-0.25, -0.2) is 5.43 Å². The van der Waals surface area contributed by atoms with Crippen LogP contribution in [0.15, 0.2) is 27.8 Å². The van der Waals surface area contributed by atoms with Crippen LogP contribution in [-0.4, -0.2) is 17.2 Å². The Morgan fingerprint density at radius 3 is 2.46 bits per heavy atom. The molecular weight excluding hydrogens is 368 g/mol. The van der Waals surface area contributed by atoms with E-state index in [0.29, 0.717) is 10.9 Å². The summed E-state index contributed by atoms with van der Waals surface area (Å²) in [6.45, 7) is 0. The van der Waals surface area contributed by atoms with Crippen molar-refractivity contribution in [3.05, 3.63) is 28.2 Å². The van der Waals surface area contributed by atoms with Crippen molar-refractivity contribution in [1.29, 1.82) is 0 Å². The number of carbonyl (C=O) groups excluding carboxylic acids is 1. The van der Waals surface area contributed by atoms with Crippen molar-refractivity contribution in [2.45, 2.75) is 44.9 Å². The van der Waals surface area contributed by atoms with E-state index in [-0.39, 0.29) is 17.1 Å². The Labute approximate surface area is 150 Å². The third kappa shape index (κ3) is 3.23. The van der Waals surface area contributed by atoms with Crippen molar-refractivity contribution in [2.24, 2.45) is 28.3 Å². The standard InChI is InChI=1S/C19H23BrN2O2/c20-16-6-12(1-2-17(16)23)11-21-22-18(24)10-19-7-13-3-14(8-19)5-15(4-13)9-19/h1-2,6,11,13-15,23H,3-5,7-10H2,(H,22,24)/b21-11+. The topological polar surface area (TPSA) is 61.7 Å². The Balaban J connectivity index is 1.35. The van der Waals surface area contributed by atoms with Crippen molar-refractivity contribution >= 4 is 28.1 Å². The molecule has 0 unspecified atom stereocenters. The van der Waals surface area contributed by atoms with Gasteiger partial charge in [0.25, 0.3) is 0 Å². The number of halogens is 1. The monoisotopic (exact) mass is 390 g/mol. The van der Waals surface area contributed by atoms with Crippen LogP contribution < -0.4 is 5.43 Å². The molecule has 0 spiro atoms. The average molecular weight is 391 g/mol. The van der Waals surface area contributed by atoms with Crippen LogP contribution >= 0.6 is 15.9 Å². The number of rotatable bonds is 4. The van der Waals surface area contributed by atoms with E-state index < -0.39 is 0 Å².